The standard InChI is InChI=1S/C19H17ClN2O3S/c1-13(23)21-10-9-16-17-11-14(20)7-8-18(17)22(19(16)12-21)26(24,25)15-5-3-2-4-6-15/h2-8,11H,9-10,12H2,1H3. The number of nitrogens with zero attached hydrogens (tertiary/aromatic N) is 2. The van der Waals surface area contributed by atoms with Crippen LogP contribution < -0.4 is 0 Å². The molecule has 0 saturated carbocycles. The SMILES string of the molecule is CC(=O)N1CCc2c(n(S(=O)(=O)c3ccccc3)c3ccc(Cl)cc23)C1. The Balaban J connectivity index is 2.03. The summed E-state index contributed by atoms with van der Waals surface area (Å²) in [6.07, 6.45) is 0.600. The summed E-state index contributed by atoms with van der Waals surface area (Å²) < 4.78 is 28.1. The lowest BCUT2D eigenvalue weighted by molar-refractivity contribution is -0.129. The second-order valence-corrected chi connectivity index (χ2v) is 8.58. The maximum Gasteiger partial charge on any atom is 0.268 e. The molecule has 26 heavy (non-hydrogen) atoms. The molecule has 4 rings (SSSR count). The Hall–Kier alpha value is -2.31. The van der Waals surface area contributed by atoms with Crippen molar-refractivity contribution in [3.63, 3.8) is 0 Å². The van der Waals surface area contributed by atoms with Crippen molar-refractivity contribution in [1.82, 2.24) is 8.87 Å². The second kappa shape index (κ2) is 6.14. The molecular formula is C19H17ClN2O3S. The molecule has 0 atom stereocenters. The number of carbonyl (C=O) groups is 1. The first-order valence-electron chi connectivity index (χ1n) is 8.27. The quantitative estimate of drug-likeness (QED) is 0.675. The second-order valence-electron chi connectivity index (χ2n) is 6.36. The van der Waals surface area contributed by atoms with Crippen LogP contribution in [-0.2, 0) is 27.8 Å². The first-order chi connectivity index (χ1) is 12.4. The number of fused-ring (bicyclic) bond motifs is 3. The van der Waals surface area contributed by atoms with E-state index in [4.69, 9.17) is 11.6 Å². The van der Waals surface area contributed by atoms with Gasteiger partial charge in [-0.1, -0.05) is 29.8 Å². The Morgan fingerprint density at radius 1 is 1.12 bits per heavy atom. The van der Waals surface area contributed by atoms with Gasteiger partial charge in [-0.25, -0.2) is 12.4 Å². The topological polar surface area (TPSA) is 59.4 Å². The third-order valence-corrected chi connectivity index (χ3v) is 6.80. The molecule has 1 aliphatic heterocycles. The van der Waals surface area contributed by atoms with E-state index in [1.54, 1.807) is 53.4 Å². The highest BCUT2D eigenvalue weighted by Crippen LogP contribution is 2.35. The van der Waals surface area contributed by atoms with E-state index >= 15 is 0 Å². The van der Waals surface area contributed by atoms with Crippen molar-refractivity contribution in [1.29, 1.82) is 0 Å². The number of carbonyl (C=O) groups excluding carboxylic acids is 1. The summed E-state index contributed by atoms with van der Waals surface area (Å²) in [7, 11) is -3.79. The van der Waals surface area contributed by atoms with Crippen LogP contribution in [0.4, 0.5) is 0 Å². The first kappa shape index (κ1) is 17.1. The fourth-order valence-corrected chi connectivity index (χ4v) is 5.30. The highest BCUT2D eigenvalue weighted by molar-refractivity contribution is 7.90. The van der Waals surface area contributed by atoms with Gasteiger partial charge < -0.3 is 4.90 Å². The van der Waals surface area contributed by atoms with E-state index in [1.807, 2.05) is 0 Å². The number of hydrogen-bond donors (Lipinski definition) is 0. The number of aromatic nitrogens is 1. The van der Waals surface area contributed by atoms with E-state index in [-0.39, 0.29) is 17.3 Å². The zero-order chi connectivity index (χ0) is 18.5. The van der Waals surface area contributed by atoms with E-state index in [2.05, 4.69) is 0 Å². The Bertz CT molecular complexity index is 1120. The molecule has 3 aromatic rings. The van der Waals surface area contributed by atoms with Crippen LogP contribution in [0.15, 0.2) is 53.4 Å². The van der Waals surface area contributed by atoms with Crippen molar-refractivity contribution < 1.29 is 13.2 Å². The van der Waals surface area contributed by atoms with Crippen molar-refractivity contribution in [2.45, 2.75) is 24.8 Å². The van der Waals surface area contributed by atoms with Gasteiger partial charge in [-0.05, 0) is 42.3 Å². The minimum atomic E-state index is -3.79. The zero-order valence-electron chi connectivity index (χ0n) is 14.1. The van der Waals surface area contributed by atoms with Gasteiger partial charge in [0.2, 0.25) is 5.91 Å². The summed E-state index contributed by atoms with van der Waals surface area (Å²) in [6, 6.07) is 13.6. The third kappa shape index (κ3) is 2.61. The summed E-state index contributed by atoms with van der Waals surface area (Å²) in [6.45, 7) is 2.34. The van der Waals surface area contributed by atoms with Crippen LogP contribution in [0.3, 0.4) is 0 Å². The molecule has 0 N–H and O–H groups in total. The van der Waals surface area contributed by atoms with E-state index in [9.17, 15) is 13.2 Å². The molecule has 0 unspecified atom stereocenters. The molecule has 1 amide bonds. The molecular weight excluding hydrogens is 372 g/mol. The van der Waals surface area contributed by atoms with E-state index in [0.29, 0.717) is 29.2 Å². The summed E-state index contributed by atoms with van der Waals surface area (Å²) >= 11 is 6.16. The lowest BCUT2D eigenvalue weighted by atomic mass is 10.0. The van der Waals surface area contributed by atoms with Crippen LogP contribution in [0.5, 0.6) is 0 Å². The van der Waals surface area contributed by atoms with Gasteiger partial charge >= 0.3 is 0 Å². The van der Waals surface area contributed by atoms with Crippen molar-refractivity contribution in [3.8, 4) is 0 Å². The van der Waals surface area contributed by atoms with Gasteiger partial charge in [0.1, 0.15) is 0 Å². The molecule has 5 nitrogen and oxygen atoms in total. The smallest absolute Gasteiger partial charge is 0.268 e. The summed E-state index contributed by atoms with van der Waals surface area (Å²) in [5.74, 6) is -0.0670. The van der Waals surface area contributed by atoms with Gasteiger partial charge in [0.25, 0.3) is 10.0 Å². The molecule has 0 bridgehead atoms. The van der Waals surface area contributed by atoms with E-state index in [0.717, 1.165) is 10.9 Å². The Morgan fingerprint density at radius 2 is 1.85 bits per heavy atom. The predicted octanol–water partition coefficient (Wildman–Crippen LogP) is 3.44. The van der Waals surface area contributed by atoms with Crippen molar-refractivity contribution in [3.05, 3.63) is 64.8 Å². The fraction of sp³-hybridized carbons (Fsp3) is 0.211. The summed E-state index contributed by atoms with van der Waals surface area (Å²) in [5.41, 5.74) is 2.17. The van der Waals surface area contributed by atoms with Crippen LogP contribution in [0.2, 0.25) is 5.02 Å². The first-order valence-corrected chi connectivity index (χ1v) is 10.1. The molecule has 2 heterocycles. The van der Waals surface area contributed by atoms with Gasteiger partial charge in [-0.2, -0.15) is 0 Å². The summed E-state index contributed by atoms with van der Waals surface area (Å²) in [4.78, 5) is 13.7. The maximum absolute atomic E-state index is 13.4. The van der Waals surface area contributed by atoms with E-state index in [1.165, 1.54) is 10.9 Å². The zero-order valence-corrected chi connectivity index (χ0v) is 15.7. The molecule has 0 spiro atoms. The third-order valence-electron chi connectivity index (χ3n) is 4.80. The molecule has 0 radical (unpaired) electrons. The van der Waals surface area contributed by atoms with Gasteiger partial charge in [-0.3, -0.25) is 4.79 Å². The molecule has 0 aliphatic carbocycles. The summed E-state index contributed by atoms with van der Waals surface area (Å²) in [5, 5.41) is 1.39. The average Bonchev–Trinajstić information content (AvgIpc) is 2.96. The number of benzene rings is 2. The number of amides is 1. The van der Waals surface area contributed by atoms with Gasteiger partial charge in [-0.15, -0.1) is 0 Å². The Kier molecular flexibility index (Phi) is 4.04. The molecule has 0 fully saturated rings. The lowest BCUT2D eigenvalue weighted by Gasteiger charge is -2.27. The van der Waals surface area contributed by atoms with Crippen LogP contribution in [0.25, 0.3) is 10.9 Å². The predicted molar refractivity (Wildman–Crippen MR) is 101 cm³/mol. The van der Waals surface area contributed by atoms with Gasteiger partial charge in [0.15, 0.2) is 0 Å². The molecule has 7 heteroatoms. The van der Waals surface area contributed by atoms with Crippen LogP contribution in [-0.4, -0.2) is 29.7 Å². The van der Waals surface area contributed by atoms with Crippen LogP contribution >= 0.6 is 11.6 Å². The number of hydrogen-bond acceptors (Lipinski definition) is 3. The largest absolute Gasteiger partial charge is 0.337 e. The highest BCUT2D eigenvalue weighted by atomic mass is 35.5. The van der Waals surface area contributed by atoms with Crippen molar-refractivity contribution in [2.24, 2.45) is 0 Å². The Morgan fingerprint density at radius 3 is 2.54 bits per heavy atom. The maximum atomic E-state index is 13.4. The molecule has 1 aliphatic rings. The minimum absolute atomic E-state index is 0.0670. The normalized spacial score (nSPS) is 14.5. The highest BCUT2D eigenvalue weighted by Gasteiger charge is 2.31. The van der Waals surface area contributed by atoms with Gasteiger partial charge in [0.05, 0.1) is 22.7 Å². The van der Waals surface area contributed by atoms with Gasteiger partial charge in [0, 0.05) is 23.9 Å². The molecule has 0 saturated heterocycles. The van der Waals surface area contributed by atoms with Crippen LogP contribution in [0, 0.1) is 0 Å². The van der Waals surface area contributed by atoms with Crippen molar-refractivity contribution in [2.75, 3.05) is 6.54 Å². The fourth-order valence-electron chi connectivity index (χ4n) is 3.54. The monoisotopic (exact) mass is 388 g/mol. The minimum Gasteiger partial charge on any atom is -0.337 e. The lowest BCUT2D eigenvalue weighted by Crippen LogP contribution is -2.35. The number of rotatable bonds is 2. The molecule has 2 aromatic carbocycles. The Labute approximate surface area is 156 Å². The average molecular weight is 389 g/mol. The van der Waals surface area contributed by atoms with E-state index < -0.39 is 10.0 Å². The molecule has 134 valence electrons. The number of halogens is 1. The van der Waals surface area contributed by atoms with Crippen LogP contribution in [0.1, 0.15) is 18.2 Å². The molecule has 1 aromatic heterocycles. The van der Waals surface area contributed by atoms with Crippen molar-refractivity contribution >= 4 is 38.4 Å².